The van der Waals surface area contributed by atoms with Gasteiger partial charge in [-0.05, 0) is 84.0 Å². The average Bonchev–Trinajstić information content (AvgIpc) is 3.62. The molecule has 2 aliphatic carbocycles. The molecule has 5 rings (SSSR count). The molecule has 2 saturated carbocycles. The normalized spacial score (nSPS) is 38.7. The molecule has 0 spiro atoms. The largest absolute Gasteiger partial charge is 0.462 e. The van der Waals surface area contributed by atoms with Crippen LogP contribution in [0.4, 0.5) is 0 Å². The molecule has 3 aliphatic heterocycles. The third kappa shape index (κ3) is 4.85. The third-order valence-electron chi connectivity index (χ3n) is 9.33. The molecule has 9 atom stereocenters. The third-order valence-corrected chi connectivity index (χ3v) is 9.33. The highest BCUT2D eigenvalue weighted by molar-refractivity contribution is 5.79. The van der Waals surface area contributed by atoms with Crippen molar-refractivity contribution < 1.29 is 38.4 Å². The fraction of sp³-hybridized carbons (Fsp3) is 0.889. The minimum absolute atomic E-state index is 0.0573. The van der Waals surface area contributed by atoms with Gasteiger partial charge in [-0.3, -0.25) is 14.4 Å². The van der Waals surface area contributed by atoms with E-state index in [1.54, 1.807) is 0 Å². The zero-order valence-corrected chi connectivity index (χ0v) is 22.0. The van der Waals surface area contributed by atoms with Crippen LogP contribution in [0, 0.1) is 34.5 Å². The Hall–Kier alpha value is -1.67. The Balaban J connectivity index is 0.000000165. The smallest absolute Gasteiger partial charge is 0.312 e. The van der Waals surface area contributed by atoms with Crippen LogP contribution in [-0.2, 0) is 33.3 Å². The summed E-state index contributed by atoms with van der Waals surface area (Å²) < 4.78 is 22.1. The summed E-state index contributed by atoms with van der Waals surface area (Å²) in [6.07, 6.45) is 4.19. The van der Waals surface area contributed by atoms with Gasteiger partial charge in [0.2, 0.25) is 0 Å². The van der Waals surface area contributed by atoms with Crippen molar-refractivity contribution in [2.75, 3.05) is 6.61 Å². The highest BCUT2D eigenvalue weighted by Crippen LogP contribution is 2.50. The van der Waals surface area contributed by atoms with Gasteiger partial charge in [0, 0.05) is 6.61 Å². The maximum Gasteiger partial charge on any atom is 0.312 e. The fourth-order valence-corrected chi connectivity index (χ4v) is 5.96. The summed E-state index contributed by atoms with van der Waals surface area (Å²) in [7, 11) is 0. The molecule has 35 heavy (non-hydrogen) atoms. The number of hydrogen-bond acceptors (Lipinski definition) is 8. The number of aliphatic hydroxyl groups is 1. The number of rotatable bonds is 7. The molecular weight excluding hydrogens is 452 g/mol. The standard InChI is InChI=1S/C14H24O3.C13H18O5/c1-4-14(2,3)13(16)17-12-7-9-5-10(12)6-11(9)8-15;1-4-13(2,3)12(15)18-9-7-5-6-8(16-7)10(9)17-11(6)14/h9-12,15H,4-8H2,1-3H3;6-10H,4-5H2,1-3H3. The molecule has 8 nitrogen and oxygen atoms in total. The van der Waals surface area contributed by atoms with E-state index in [1.807, 2.05) is 41.5 Å². The lowest BCUT2D eigenvalue weighted by atomic mass is 9.87. The van der Waals surface area contributed by atoms with Crippen molar-refractivity contribution in [2.45, 2.75) is 111 Å². The lowest BCUT2D eigenvalue weighted by molar-refractivity contribution is -0.169. The van der Waals surface area contributed by atoms with Crippen LogP contribution in [0.5, 0.6) is 0 Å². The number of esters is 3. The second kappa shape index (κ2) is 9.66. The SMILES string of the molecule is CCC(C)(C)C(=O)OC1C2CC3C(=O)OC1C3O2.CCC(C)(C)C(=O)OC1CC2CC1CC2CO. The summed E-state index contributed by atoms with van der Waals surface area (Å²) in [5.74, 6) is 0.870. The summed E-state index contributed by atoms with van der Waals surface area (Å²) in [5.41, 5.74) is -0.873. The first-order chi connectivity index (χ1) is 16.4. The zero-order chi connectivity index (χ0) is 25.7. The maximum absolute atomic E-state index is 12.1. The first-order valence-electron chi connectivity index (χ1n) is 13.3. The highest BCUT2D eigenvalue weighted by atomic mass is 16.7. The van der Waals surface area contributed by atoms with Gasteiger partial charge >= 0.3 is 17.9 Å². The van der Waals surface area contributed by atoms with Gasteiger partial charge in [0.1, 0.15) is 12.2 Å². The van der Waals surface area contributed by atoms with Gasteiger partial charge in [0.15, 0.2) is 12.2 Å². The summed E-state index contributed by atoms with van der Waals surface area (Å²) in [4.78, 5) is 35.6. The van der Waals surface area contributed by atoms with Gasteiger partial charge < -0.3 is 24.1 Å². The lowest BCUT2D eigenvalue weighted by Crippen LogP contribution is -2.42. The monoisotopic (exact) mass is 494 g/mol. The molecule has 3 saturated heterocycles. The molecule has 0 aromatic heterocycles. The quantitative estimate of drug-likeness (QED) is 0.424. The first kappa shape index (κ1) is 26.4. The minimum atomic E-state index is -0.510. The van der Waals surface area contributed by atoms with E-state index < -0.39 is 17.6 Å². The molecule has 9 unspecified atom stereocenters. The van der Waals surface area contributed by atoms with Gasteiger partial charge in [-0.2, -0.15) is 0 Å². The van der Waals surface area contributed by atoms with Crippen LogP contribution in [0.2, 0.25) is 0 Å². The van der Waals surface area contributed by atoms with Crippen LogP contribution < -0.4 is 0 Å². The van der Waals surface area contributed by atoms with Gasteiger partial charge in [0.25, 0.3) is 0 Å². The molecule has 5 fully saturated rings. The van der Waals surface area contributed by atoms with Crippen LogP contribution in [-0.4, -0.2) is 60.1 Å². The molecule has 0 aromatic rings. The maximum atomic E-state index is 12.1. The van der Waals surface area contributed by atoms with Crippen molar-refractivity contribution in [1.82, 2.24) is 0 Å². The Morgan fingerprint density at radius 1 is 0.914 bits per heavy atom. The van der Waals surface area contributed by atoms with Crippen LogP contribution in [0.25, 0.3) is 0 Å². The Morgan fingerprint density at radius 3 is 2.09 bits per heavy atom. The second-order valence-electron chi connectivity index (χ2n) is 12.3. The average molecular weight is 495 g/mol. The van der Waals surface area contributed by atoms with E-state index in [0.29, 0.717) is 37.2 Å². The number of ether oxygens (including phenoxy) is 4. The molecule has 8 heteroatoms. The molecule has 1 N–H and O–H groups in total. The summed E-state index contributed by atoms with van der Waals surface area (Å²) in [5, 5.41) is 9.22. The van der Waals surface area contributed by atoms with Crippen molar-refractivity contribution in [1.29, 1.82) is 0 Å². The lowest BCUT2D eigenvalue weighted by Gasteiger charge is -2.30. The van der Waals surface area contributed by atoms with E-state index in [4.69, 9.17) is 18.9 Å². The number of hydrogen-bond donors (Lipinski definition) is 1. The number of carbonyl (C=O) groups is 3. The number of carbonyl (C=O) groups excluding carboxylic acids is 3. The van der Waals surface area contributed by atoms with Crippen LogP contribution in [0.3, 0.4) is 0 Å². The van der Waals surface area contributed by atoms with Crippen molar-refractivity contribution in [3.63, 3.8) is 0 Å². The van der Waals surface area contributed by atoms with Gasteiger partial charge in [0.05, 0.1) is 22.9 Å². The van der Waals surface area contributed by atoms with Crippen molar-refractivity contribution in [3.05, 3.63) is 0 Å². The highest BCUT2D eigenvalue weighted by Gasteiger charge is 2.65. The number of fused-ring (bicyclic) bond motifs is 3. The summed E-state index contributed by atoms with van der Waals surface area (Å²) in [6.45, 7) is 11.9. The molecule has 0 radical (unpaired) electrons. The van der Waals surface area contributed by atoms with Crippen LogP contribution in [0.1, 0.15) is 80.1 Å². The van der Waals surface area contributed by atoms with E-state index in [1.165, 1.54) is 0 Å². The van der Waals surface area contributed by atoms with E-state index in [9.17, 15) is 19.5 Å². The minimum Gasteiger partial charge on any atom is -0.462 e. The van der Waals surface area contributed by atoms with E-state index in [-0.39, 0.29) is 47.6 Å². The Bertz CT molecular complexity index is 835. The van der Waals surface area contributed by atoms with E-state index in [0.717, 1.165) is 25.7 Å². The molecule has 0 aromatic carbocycles. The van der Waals surface area contributed by atoms with Crippen LogP contribution in [0.15, 0.2) is 0 Å². The second-order valence-corrected chi connectivity index (χ2v) is 12.3. The fourth-order valence-electron chi connectivity index (χ4n) is 5.96. The van der Waals surface area contributed by atoms with Gasteiger partial charge in [-0.25, -0.2) is 0 Å². The van der Waals surface area contributed by atoms with E-state index >= 15 is 0 Å². The molecule has 4 bridgehead atoms. The Morgan fingerprint density at radius 2 is 1.54 bits per heavy atom. The van der Waals surface area contributed by atoms with Crippen molar-refractivity contribution in [2.24, 2.45) is 34.5 Å². The predicted molar refractivity (Wildman–Crippen MR) is 126 cm³/mol. The Kier molecular flexibility index (Phi) is 7.28. The predicted octanol–water partition coefficient (Wildman–Crippen LogP) is 3.42. The first-order valence-corrected chi connectivity index (χ1v) is 13.3. The van der Waals surface area contributed by atoms with Crippen molar-refractivity contribution >= 4 is 17.9 Å². The summed E-state index contributed by atoms with van der Waals surface area (Å²) in [6, 6.07) is 0. The van der Waals surface area contributed by atoms with Crippen LogP contribution >= 0.6 is 0 Å². The van der Waals surface area contributed by atoms with Gasteiger partial charge in [-0.15, -0.1) is 0 Å². The molecular formula is C27H42O8. The molecule has 3 heterocycles. The topological polar surface area (TPSA) is 108 Å². The molecule has 5 aliphatic rings. The summed E-state index contributed by atoms with van der Waals surface area (Å²) >= 11 is 0. The zero-order valence-electron chi connectivity index (χ0n) is 22.0. The molecule has 0 amide bonds. The van der Waals surface area contributed by atoms with Gasteiger partial charge in [-0.1, -0.05) is 13.8 Å². The molecule has 198 valence electrons. The Labute approximate surface area is 208 Å². The van der Waals surface area contributed by atoms with Crippen molar-refractivity contribution in [3.8, 4) is 0 Å². The van der Waals surface area contributed by atoms with E-state index in [2.05, 4.69) is 0 Å². The number of aliphatic hydroxyl groups excluding tert-OH is 1.